The van der Waals surface area contributed by atoms with E-state index in [1.54, 1.807) is 6.20 Å². The first-order valence-corrected chi connectivity index (χ1v) is 8.62. The van der Waals surface area contributed by atoms with E-state index in [1.165, 1.54) is 5.56 Å². The third kappa shape index (κ3) is 4.32. The van der Waals surface area contributed by atoms with E-state index < -0.39 is 0 Å². The lowest BCUT2D eigenvalue weighted by atomic mass is 10.0. The first kappa shape index (κ1) is 16.5. The molecule has 0 radical (unpaired) electrons. The van der Waals surface area contributed by atoms with E-state index in [0.29, 0.717) is 11.9 Å². The molecule has 5 heteroatoms. The van der Waals surface area contributed by atoms with Crippen LogP contribution in [0.5, 0.6) is 0 Å². The molecule has 0 atom stereocenters. The summed E-state index contributed by atoms with van der Waals surface area (Å²) < 4.78 is 1.02. The molecule has 2 N–H and O–H groups in total. The van der Waals surface area contributed by atoms with E-state index in [4.69, 9.17) is 0 Å². The summed E-state index contributed by atoms with van der Waals surface area (Å²) in [6.45, 7) is 4.37. The SMILES string of the molecule is CC(C)c1ccc(Nc2nccc(Nc3cccc(Br)c3)n2)cc1. The quantitative estimate of drug-likeness (QED) is 0.580. The fraction of sp³-hybridized carbons (Fsp3) is 0.158. The van der Waals surface area contributed by atoms with Gasteiger partial charge in [0.1, 0.15) is 5.82 Å². The Morgan fingerprint density at radius 2 is 1.71 bits per heavy atom. The monoisotopic (exact) mass is 382 g/mol. The van der Waals surface area contributed by atoms with E-state index in [1.807, 2.05) is 42.5 Å². The molecule has 0 aliphatic heterocycles. The lowest BCUT2D eigenvalue weighted by Gasteiger charge is -2.10. The standard InChI is InChI=1S/C19H19BrN4/c1-13(2)14-6-8-16(9-7-14)23-19-21-11-10-18(24-19)22-17-5-3-4-15(20)12-17/h3-13H,1-2H3,(H2,21,22,23,24). The zero-order chi connectivity index (χ0) is 16.9. The lowest BCUT2D eigenvalue weighted by molar-refractivity contribution is 0.867. The molecule has 2 aromatic carbocycles. The van der Waals surface area contributed by atoms with E-state index in [9.17, 15) is 0 Å². The van der Waals surface area contributed by atoms with Crippen LogP contribution in [0.25, 0.3) is 0 Å². The summed E-state index contributed by atoms with van der Waals surface area (Å²) in [4.78, 5) is 8.78. The number of hydrogen-bond acceptors (Lipinski definition) is 4. The second kappa shape index (κ2) is 7.45. The molecular weight excluding hydrogens is 364 g/mol. The number of aromatic nitrogens is 2. The fourth-order valence-electron chi connectivity index (χ4n) is 2.28. The van der Waals surface area contributed by atoms with Crippen LogP contribution in [0.1, 0.15) is 25.3 Å². The first-order valence-electron chi connectivity index (χ1n) is 7.83. The number of hydrogen-bond donors (Lipinski definition) is 2. The second-order valence-corrected chi connectivity index (χ2v) is 6.72. The third-order valence-electron chi connectivity index (χ3n) is 3.59. The van der Waals surface area contributed by atoms with Gasteiger partial charge in [-0.05, 0) is 47.9 Å². The van der Waals surface area contributed by atoms with Crippen molar-refractivity contribution in [2.75, 3.05) is 10.6 Å². The molecule has 3 rings (SSSR count). The van der Waals surface area contributed by atoms with Gasteiger partial charge in [-0.3, -0.25) is 0 Å². The van der Waals surface area contributed by atoms with Gasteiger partial charge in [0.05, 0.1) is 0 Å². The van der Waals surface area contributed by atoms with E-state index in [2.05, 4.69) is 62.5 Å². The topological polar surface area (TPSA) is 49.8 Å². The van der Waals surface area contributed by atoms with Gasteiger partial charge >= 0.3 is 0 Å². The molecule has 0 fully saturated rings. The molecule has 1 heterocycles. The Morgan fingerprint density at radius 3 is 2.42 bits per heavy atom. The summed E-state index contributed by atoms with van der Waals surface area (Å²) in [6, 6.07) is 18.1. The zero-order valence-electron chi connectivity index (χ0n) is 13.6. The number of anilines is 4. The minimum absolute atomic E-state index is 0.521. The maximum atomic E-state index is 4.50. The van der Waals surface area contributed by atoms with E-state index in [0.717, 1.165) is 21.7 Å². The van der Waals surface area contributed by atoms with Crippen LogP contribution in [0.4, 0.5) is 23.1 Å². The molecule has 0 amide bonds. The maximum Gasteiger partial charge on any atom is 0.229 e. The first-order chi connectivity index (χ1) is 11.6. The van der Waals surface area contributed by atoms with Gasteiger partial charge in [-0.25, -0.2) is 4.98 Å². The predicted octanol–water partition coefficient (Wildman–Crippen LogP) is 5.85. The van der Waals surface area contributed by atoms with Crippen molar-refractivity contribution in [2.45, 2.75) is 19.8 Å². The molecule has 0 saturated heterocycles. The molecule has 0 aliphatic rings. The Morgan fingerprint density at radius 1 is 0.917 bits per heavy atom. The molecule has 0 bridgehead atoms. The van der Waals surface area contributed by atoms with Crippen molar-refractivity contribution in [1.82, 2.24) is 9.97 Å². The van der Waals surface area contributed by atoms with Crippen LogP contribution < -0.4 is 10.6 Å². The normalized spacial score (nSPS) is 10.7. The Hall–Kier alpha value is -2.40. The van der Waals surface area contributed by atoms with Gasteiger partial charge < -0.3 is 10.6 Å². The summed E-state index contributed by atoms with van der Waals surface area (Å²) in [5.74, 6) is 1.82. The smallest absolute Gasteiger partial charge is 0.229 e. The van der Waals surface area contributed by atoms with Gasteiger partial charge in [0.2, 0.25) is 5.95 Å². The van der Waals surface area contributed by atoms with E-state index >= 15 is 0 Å². The molecule has 1 aromatic heterocycles. The van der Waals surface area contributed by atoms with Crippen molar-refractivity contribution in [3.63, 3.8) is 0 Å². The highest BCUT2D eigenvalue weighted by atomic mass is 79.9. The van der Waals surface area contributed by atoms with Crippen LogP contribution in [0.2, 0.25) is 0 Å². The lowest BCUT2D eigenvalue weighted by Crippen LogP contribution is -2.00. The van der Waals surface area contributed by atoms with Crippen LogP contribution in [0.3, 0.4) is 0 Å². The predicted molar refractivity (Wildman–Crippen MR) is 103 cm³/mol. The number of benzene rings is 2. The van der Waals surface area contributed by atoms with Crippen molar-refractivity contribution in [3.05, 3.63) is 70.8 Å². The largest absolute Gasteiger partial charge is 0.340 e. The zero-order valence-corrected chi connectivity index (χ0v) is 15.2. The maximum absolute atomic E-state index is 4.50. The molecule has 0 aliphatic carbocycles. The van der Waals surface area contributed by atoms with Crippen LogP contribution in [-0.4, -0.2) is 9.97 Å². The van der Waals surface area contributed by atoms with Crippen molar-refractivity contribution in [1.29, 1.82) is 0 Å². The highest BCUT2D eigenvalue weighted by Gasteiger charge is 2.03. The van der Waals surface area contributed by atoms with Crippen LogP contribution in [0.15, 0.2) is 65.3 Å². The second-order valence-electron chi connectivity index (χ2n) is 5.80. The average molecular weight is 383 g/mol. The number of halogens is 1. The highest BCUT2D eigenvalue weighted by Crippen LogP contribution is 2.22. The fourth-order valence-corrected chi connectivity index (χ4v) is 2.68. The van der Waals surface area contributed by atoms with Crippen LogP contribution >= 0.6 is 15.9 Å². The Kier molecular flexibility index (Phi) is 5.11. The minimum atomic E-state index is 0.521. The third-order valence-corrected chi connectivity index (χ3v) is 4.08. The molecule has 0 saturated carbocycles. The minimum Gasteiger partial charge on any atom is -0.340 e. The van der Waals surface area contributed by atoms with Gasteiger partial charge in [-0.2, -0.15) is 4.98 Å². The number of nitrogens with zero attached hydrogens (tertiary/aromatic N) is 2. The Bertz CT molecular complexity index is 816. The summed E-state index contributed by atoms with van der Waals surface area (Å²) >= 11 is 3.46. The summed E-state index contributed by atoms with van der Waals surface area (Å²) in [5, 5.41) is 6.51. The van der Waals surface area contributed by atoms with Crippen molar-refractivity contribution in [3.8, 4) is 0 Å². The number of nitrogens with one attached hydrogen (secondary N) is 2. The number of rotatable bonds is 5. The van der Waals surface area contributed by atoms with Gasteiger partial charge in [-0.1, -0.05) is 48.0 Å². The molecule has 0 spiro atoms. The average Bonchev–Trinajstić information content (AvgIpc) is 2.56. The van der Waals surface area contributed by atoms with Crippen molar-refractivity contribution < 1.29 is 0 Å². The molecule has 0 unspecified atom stereocenters. The van der Waals surface area contributed by atoms with Gasteiger partial charge in [-0.15, -0.1) is 0 Å². The summed E-state index contributed by atoms with van der Waals surface area (Å²) in [6.07, 6.45) is 1.73. The van der Waals surface area contributed by atoms with E-state index in [-0.39, 0.29) is 0 Å². The Balaban J connectivity index is 1.73. The summed E-state index contributed by atoms with van der Waals surface area (Å²) in [5.41, 5.74) is 3.25. The van der Waals surface area contributed by atoms with Crippen molar-refractivity contribution >= 4 is 39.1 Å². The summed E-state index contributed by atoms with van der Waals surface area (Å²) in [7, 11) is 0. The van der Waals surface area contributed by atoms with Gasteiger partial charge in [0.25, 0.3) is 0 Å². The molecule has 24 heavy (non-hydrogen) atoms. The van der Waals surface area contributed by atoms with Crippen LogP contribution in [0, 0.1) is 0 Å². The van der Waals surface area contributed by atoms with Crippen molar-refractivity contribution in [2.24, 2.45) is 0 Å². The molecular formula is C19H19BrN4. The molecule has 4 nitrogen and oxygen atoms in total. The van der Waals surface area contributed by atoms with Crippen LogP contribution in [-0.2, 0) is 0 Å². The highest BCUT2D eigenvalue weighted by molar-refractivity contribution is 9.10. The Labute approximate surface area is 150 Å². The van der Waals surface area contributed by atoms with Gasteiger partial charge in [0.15, 0.2) is 0 Å². The van der Waals surface area contributed by atoms with Gasteiger partial charge in [0, 0.05) is 22.0 Å². The molecule has 122 valence electrons. The molecule has 3 aromatic rings.